The van der Waals surface area contributed by atoms with Gasteiger partial charge in [0, 0.05) is 43.9 Å². The van der Waals surface area contributed by atoms with Gasteiger partial charge in [-0.15, -0.1) is 0 Å². The number of ether oxygens (including phenoxy) is 2. The Morgan fingerprint density at radius 3 is 1.98 bits per heavy atom. The molecule has 0 radical (unpaired) electrons. The van der Waals surface area contributed by atoms with E-state index in [0.29, 0.717) is 19.3 Å². The highest BCUT2D eigenvalue weighted by molar-refractivity contribution is 7.47. The second-order valence-electron chi connectivity index (χ2n) is 15.7. The summed E-state index contributed by atoms with van der Waals surface area (Å²) in [6.07, 6.45) is 23.1. The zero-order chi connectivity index (χ0) is 43.7. The molecule has 0 aromatic heterocycles. The molecule has 0 aromatic rings. The van der Waals surface area contributed by atoms with Crippen LogP contribution in [0.2, 0.25) is 0 Å². The van der Waals surface area contributed by atoms with Crippen LogP contribution >= 0.6 is 7.82 Å². The van der Waals surface area contributed by atoms with Gasteiger partial charge in [-0.2, -0.15) is 0 Å². The first-order chi connectivity index (χ1) is 28.3. The molecule has 0 heterocycles. The SMILES string of the molecule is CCCCCC/C=C\C=C/CCCCCCCC(=O)OC[C@H](COP(=O)(O)OC[C@@H](O)CO)OC(=O)CCCCC(=O)C[C@@H]1[C@@H](/C=C/[C@@H](O)CCCCC)[C@H](O)C[C@@H]1O. The van der Waals surface area contributed by atoms with Gasteiger partial charge in [-0.3, -0.25) is 23.4 Å². The van der Waals surface area contributed by atoms with Crippen molar-refractivity contribution in [3.8, 4) is 0 Å². The second-order valence-corrected chi connectivity index (χ2v) is 17.2. The van der Waals surface area contributed by atoms with Crippen LogP contribution in [0.3, 0.4) is 0 Å². The molecule has 59 heavy (non-hydrogen) atoms. The zero-order valence-electron chi connectivity index (χ0n) is 35.8. The number of carbonyl (C=O) groups excluding carboxylic acids is 3. The van der Waals surface area contributed by atoms with Gasteiger partial charge in [0.1, 0.15) is 18.5 Å². The number of aliphatic hydroxyl groups is 5. The minimum atomic E-state index is -4.73. The van der Waals surface area contributed by atoms with Gasteiger partial charge in [0.05, 0.1) is 38.1 Å². The minimum Gasteiger partial charge on any atom is -0.462 e. The highest BCUT2D eigenvalue weighted by atomic mass is 31.2. The maximum atomic E-state index is 12.9. The van der Waals surface area contributed by atoms with Crippen molar-refractivity contribution >= 4 is 25.5 Å². The van der Waals surface area contributed by atoms with Crippen molar-refractivity contribution in [2.45, 2.75) is 186 Å². The fourth-order valence-electron chi connectivity index (χ4n) is 6.74. The molecule has 0 bridgehead atoms. The fraction of sp³-hybridized carbons (Fsp3) is 0.795. The van der Waals surface area contributed by atoms with Crippen LogP contribution in [0.25, 0.3) is 0 Å². The van der Waals surface area contributed by atoms with E-state index in [1.807, 2.05) is 0 Å². The molecule has 6 N–H and O–H groups in total. The third kappa shape index (κ3) is 28.8. The van der Waals surface area contributed by atoms with Crippen LogP contribution < -0.4 is 0 Å². The van der Waals surface area contributed by atoms with Crippen molar-refractivity contribution < 1.29 is 67.9 Å². The molecule has 14 nitrogen and oxygen atoms in total. The number of ketones is 1. The number of phosphoric ester groups is 1. The molecule has 8 atom stereocenters. The van der Waals surface area contributed by atoms with E-state index >= 15 is 0 Å². The Bertz CT molecular complexity index is 1260. The topological polar surface area (TPSA) is 227 Å². The number of phosphoric acid groups is 1. The third-order valence-corrected chi connectivity index (χ3v) is 11.2. The summed E-state index contributed by atoms with van der Waals surface area (Å²) in [5.41, 5.74) is 0. The van der Waals surface area contributed by atoms with Gasteiger partial charge in [-0.1, -0.05) is 108 Å². The maximum absolute atomic E-state index is 12.9. The van der Waals surface area contributed by atoms with Crippen LogP contribution in [0.1, 0.15) is 155 Å². The van der Waals surface area contributed by atoms with Crippen LogP contribution in [-0.4, -0.2) is 105 Å². The van der Waals surface area contributed by atoms with Gasteiger partial charge in [0.15, 0.2) is 6.10 Å². The van der Waals surface area contributed by atoms with E-state index in [2.05, 4.69) is 42.7 Å². The van der Waals surface area contributed by atoms with E-state index in [9.17, 15) is 44.3 Å². The Hall–Kier alpha value is -2.26. The van der Waals surface area contributed by atoms with Crippen LogP contribution in [0.4, 0.5) is 0 Å². The highest BCUT2D eigenvalue weighted by Gasteiger charge is 2.41. The second kappa shape index (κ2) is 34.3. The number of aliphatic hydroxyl groups excluding tert-OH is 5. The van der Waals surface area contributed by atoms with Gasteiger partial charge in [-0.05, 0) is 51.4 Å². The first-order valence-corrected chi connectivity index (χ1v) is 23.6. The normalized spacial score (nSPS) is 20.9. The molecule has 0 aliphatic heterocycles. The molecule has 1 aliphatic carbocycles. The number of esters is 2. The van der Waals surface area contributed by atoms with Gasteiger partial charge < -0.3 is 39.9 Å². The summed E-state index contributed by atoms with van der Waals surface area (Å²) in [6, 6.07) is 0. The van der Waals surface area contributed by atoms with Crippen molar-refractivity contribution in [3.05, 3.63) is 36.5 Å². The summed E-state index contributed by atoms with van der Waals surface area (Å²) >= 11 is 0. The molecule has 0 amide bonds. The average Bonchev–Trinajstić information content (AvgIpc) is 3.47. The predicted molar refractivity (Wildman–Crippen MR) is 226 cm³/mol. The van der Waals surface area contributed by atoms with E-state index < -0.39 is 88.5 Å². The number of carbonyl (C=O) groups is 3. The monoisotopic (exact) mass is 861 g/mol. The number of hydrogen-bond acceptors (Lipinski definition) is 13. The molecule has 1 aliphatic rings. The number of Topliss-reactive ketones (excluding diaryl/α,β-unsaturated/α-hetero) is 1. The average molecular weight is 861 g/mol. The summed E-state index contributed by atoms with van der Waals surface area (Å²) < 4.78 is 32.6. The Labute approximate surface area is 353 Å². The maximum Gasteiger partial charge on any atom is 0.472 e. The molecule has 0 spiro atoms. The standard InChI is InChI=1S/C44H77O14P/c1-3-5-7-8-9-10-11-12-13-14-15-16-17-18-20-25-43(51)55-33-38(34-57-59(53,54)56-32-37(48)31-45)58-44(52)26-22-21-24-36(47)29-40-39(41(49)30-42(40)50)28-27-35(46)23-19-6-4-2/h10-13,27-28,35,37-42,45-46,48-50H,3-9,14-26,29-34H2,1-2H3,(H,53,54)/b11-10-,13-12-,28-27+/t35-,37-,38+,39+,40+,41+,42-/m0/s1. The number of allylic oxidation sites excluding steroid dienone is 4. The molecule has 342 valence electrons. The van der Waals surface area contributed by atoms with Crippen LogP contribution in [0.5, 0.6) is 0 Å². The Kier molecular flexibility index (Phi) is 31.9. The molecule has 1 unspecified atom stereocenters. The van der Waals surface area contributed by atoms with E-state index in [1.54, 1.807) is 12.2 Å². The van der Waals surface area contributed by atoms with Gasteiger partial charge >= 0.3 is 19.8 Å². The van der Waals surface area contributed by atoms with Crippen molar-refractivity contribution in [2.24, 2.45) is 11.8 Å². The molecule has 15 heteroatoms. The van der Waals surface area contributed by atoms with Crippen molar-refractivity contribution in [3.63, 3.8) is 0 Å². The van der Waals surface area contributed by atoms with Crippen LogP contribution in [-0.2, 0) is 37.5 Å². The third-order valence-electron chi connectivity index (χ3n) is 10.3. The van der Waals surface area contributed by atoms with Gasteiger partial charge in [-0.25, -0.2) is 4.57 Å². The van der Waals surface area contributed by atoms with Crippen molar-refractivity contribution in [1.29, 1.82) is 0 Å². The summed E-state index contributed by atoms with van der Waals surface area (Å²) in [7, 11) is -4.73. The highest BCUT2D eigenvalue weighted by Crippen LogP contribution is 2.43. The summed E-state index contributed by atoms with van der Waals surface area (Å²) in [5.74, 6) is -2.32. The zero-order valence-corrected chi connectivity index (χ0v) is 36.7. The predicted octanol–water partition coefficient (Wildman–Crippen LogP) is 7.12. The van der Waals surface area contributed by atoms with E-state index in [0.717, 1.165) is 57.8 Å². The molecule has 1 fully saturated rings. The largest absolute Gasteiger partial charge is 0.472 e. The first-order valence-electron chi connectivity index (χ1n) is 22.1. The molecule has 0 saturated heterocycles. The van der Waals surface area contributed by atoms with Crippen LogP contribution in [0, 0.1) is 11.8 Å². The molecule has 1 rings (SSSR count). The molecular weight excluding hydrogens is 783 g/mol. The molecule has 0 aromatic carbocycles. The van der Waals surface area contributed by atoms with Crippen molar-refractivity contribution in [2.75, 3.05) is 26.4 Å². The Morgan fingerprint density at radius 1 is 0.729 bits per heavy atom. The molecular formula is C44H77O14P. The quantitative estimate of drug-likeness (QED) is 0.0120. The Balaban J connectivity index is 2.52. The lowest BCUT2D eigenvalue weighted by Gasteiger charge is -2.21. The molecule has 1 saturated carbocycles. The van der Waals surface area contributed by atoms with Gasteiger partial charge in [0.25, 0.3) is 0 Å². The number of unbranched alkanes of at least 4 members (excludes halogenated alkanes) is 12. The summed E-state index contributed by atoms with van der Waals surface area (Å²) in [5, 5.41) is 49.7. The van der Waals surface area contributed by atoms with E-state index in [1.165, 1.54) is 25.7 Å². The minimum absolute atomic E-state index is 0.0437. The van der Waals surface area contributed by atoms with Gasteiger partial charge in [0.2, 0.25) is 0 Å². The summed E-state index contributed by atoms with van der Waals surface area (Å²) in [6.45, 7) is 1.79. The number of rotatable bonds is 37. The first kappa shape index (κ1) is 54.8. The lowest BCUT2D eigenvalue weighted by molar-refractivity contribution is -0.161. The Morgan fingerprint density at radius 2 is 1.31 bits per heavy atom. The number of hydrogen-bond donors (Lipinski definition) is 6. The van der Waals surface area contributed by atoms with E-state index in [-0.39, 0.29) is 44.3 Å². The lowest BCUT2D eigenvalue weighted by Crippen LogP contribution is -2.30. The smallest absolute Gasteiger partial charge is 0.462 e. The fourth-order valence-corrected chi connectivity index (χ4v) is 7.53. The van der Waals surface area contributed by atoms with E-state index in [4.69, 9.17) is 19.1 Å². The lowest BCUT2D eigenvalue weighted by atomic mass is 9.87. The summed E-state index contributed by atoms with van der Waals surface area (Å²) in [4.78, 5) is 48.0. The van der Waals surface area contributed by atoms with Crippen molar-refractivity contribution in [1.82, 2.24) is 0 Å². The van der Waals surface area contributed by atoms with Crippen LogP contribution in [0.15, 0.2) is 36.5 Å².